The van der Waals surface area contributed by atoms with Crippen LogP contribution in [0.15, 0.2) is 16.7 Å². The highest BCUT2D eigenvalue weighted by atomic mass is 16.5. The molecular formula is C10H15NO2. The Bertz CT molecular complexity index is 276. The zero-order chi connectivity index (χ0) is 9.26. The van der Waals surface area contributed by atoms with Gasteiger partial charge < -0.3 is 14.9 Å². The van der Waals surface area contributed by atoms with Gasteiger partial charge in [-0.15, -0.1) is 0 Å². The van der Waals surface area contributed by atoms with E-state index in [4.69, 9.17) is 14.9 Å². The van der Waals surface area contributed by atoms with Crippen molar-refractivity contribution in [1.82, 2.24) is 0 Å². The Morgan fingerprint density at radius 3 is 3.00 bits per heavy atom. The first-order chi connectivity index (χ1) is 6.27. The van der Waals surface area contributed by atoms with Crippen LogP contribution in [0.5, 0.6) is 0 Å². The Balaban J connectivity index is 2.07. The Morgan fingerprint density at radius 2 is 2.46 bits per heavy atom. The smallest absolute Gasteiger partial charge is 0.101 e. The predicted octanol–water partition coefficient (Wildman–Crippen LogP) is 1.62. The fourth-order valence-corrected chi connectivity index (χ4v) is 1.75. The molecule has 2 heterocycles. The van der Waals surface area contributed by atoms with Gasteiger partial charge in [0.05, 0.1) is 12.9 Å². The molecule has 3 nitrogen and oxygen atoms in total. The standard InChI is InChI=1S/C10H15NO2/c1-7-4-9(6-13-7)10(11)8-2-3-12-5-8/h4,6,8,10H,2-3,5,11H2,1H3. The lowest BCUT2D eigenvalue weighted by molar-refractivity contribution is 0.181. The second-order valence-electron chi connectivity index (χ2n) is 3.64. The van der Waals surface area contributed by atoms with Gasteiger partial charge in [0.15, 0.2) is 0 Å². The number of furan rings is 1. The average Bonchev–Trinajstić information content (AvgIpc) is 2.72. The molecule has 2 N–H and O–H groups in total. The monoisotopic (exact) mass is 181 g/mol. The summed E-state index contributed by atoms with van der Waals surface area (Å²) in [5, 5.41) is 0. The SMILES string of the molecule is Cc1cc(C(N)C2CCOC2)co1. The van der Waals surface area contributed by atoms with Crippen LogP contribution in [0.3, 0.4) is 0 Å². The molecule has 0 spiro atoms. The minimum atomic E-state index is 0.0694. The van der Waals surface area contributed by atoms with E-state index in [-0.39, 0.29) is 6.04 Å². The van der Waals surface area contributed by atoms with E-state index in [2.05, 4.69) is 0 Å². The van der Waals surface area contributed by atoms with E-state index < -0.39 is 0 Å². The van der Waals surface area contributed by atoms with E-state index in [1.807, 2.05) is 13.0 Å². The second kappa shape index (κ2) is 3.52. The van der Waals surface area contributed by atoms with Crippen molar-refractivity contribution in [2.45, 2.75) is 19.4 Å². The maximum atomic E-state index is 6.07. The first-order valence-electron chi connectivity index (χ1n) is 4.66. The fraction of sp³-hybridized carbons (Fsp3) is 0.600. The van der Waals surface area contributed by atoms with Gasteiger partial charge in [-0.25, -0.2) is 0 Å². The second-order valence-corrected chi connectivity index (χ2v) is 3.64. The van der Waals surface area contributed by atoms with Crippen LogP contribution >= 0.6 is 0 Å². The molecule has 3 heteroatoms. The van der Waals surface area contributed by atoms with Crippen LogP contribution in [0.4, 0.5) is 0 Å². The van der Waals surface area contributed by atoms with Crippen molar-refractivity contribution in [3.05, 3.63) is 23.7 Å². The van der Waals surface area contributed by atoms with E-state index in [1.54, 1.807) is 6.26 Å². The molecule has 2 atom stereocenters. The number of ether oxygens (including phenoxy) is 1. The van der Waals surface area contributed by atoms with Crippen molar-refractivity contribution in [1.29, 1.82) is 0 Å². The number of aryl methyl sites for hydroxylation is 1. The molecule has 0 aliphatic carbocycles. The minimum Gasteiger partial charge on any atom is -0.469 e. The number of nitrogens with two attached hydrogens (primary N) is 1. The predicted molar refractivity (Wildman–Crippen MR) is 49.3 cm³/mol. The summed E-state index contributed by atoms with van der Waals surface area (Å²) >= 11 is 0. The highest BCUT2D eigenvalue weighted by Gasteiger charge is 2.24. The van der Waals surface area contributed by atoms with Crippen LogP contribution in [0.1, 0.15) is 23.8 Å². The average molecular weight is 181 g/mol. The van der Waals surface area contributed by atoms with Crippen molar-refractivity contribution >= 4 is 0 Å². The number of hydrogen-bond acceptors (Lipinski definition) is 3. The summed E-state index contributed by atoms with van der Waals surface area (Å²) in [5.41, 5.74) is 7.16. The summed E-state index contributed by atoms with van der Waals surface area (Å²) in [4.78, 5) is 0. The molecule has 0 radical (unpaired) electrons. The van der Waals surface area contributed by atoms with Crippen molar-refractivity contribution in [2.24, 2.45) is 11.7 Å². The lowest BCUT2D eigenvalue weighted by atomic mass is 9.95. The number of rotatable bonds is 2. The molecule has 1 aliphatic heterocycles. The lowest BCUT2D eigenvalue weighted by Gasteiger charge is -2.15. The van der Waals surface area contributed by atoms with Gasteiger partial charge in [0, 0.05) is 24.1 Å². The maximum absolute atomic E-state index is 6.07. The van der Waals surface area contributed by atoms with Crippen LogP contribution in [-0.4, -0.2) is 13.2 Å². The Morgan fingerprint density at radius 1 is 1.62 bits per heavy atom. The molecule has 72 valence electrons. The van der Waals surface area contributed by atoms with Crippen LogP contribution < -0.4 is 5.73 Å². The minimum absolute atomic E-state index is 0.0694. The van der Waals surface area contributed by atoms with E-state index in [0.717, 1.165) is 31.0 Å². The van der Waals surface area contributed by atoms with Gasteiger partial charge in [0.1, 0.15) is 5.76 Å². The van der Waals surface area contributed by atoms with Crippen molar-refractivity contribution in [3.8, 4) is 0 Å². The molecule has 2 unspecified atom stereocenters. The summed E-state index contributed by atoms with van der Waals surface area (Å²) in [7, 11) is 0. The third-order valence-corrected chi connectivity index (χ3v) is 2.61. The summed E-state index contributed by atoms with van der Waals surface area (Å²) < 4.78 is 10.5. The van der Waals surface area contributed by atoms with Gasteiger partial charge in [0.25, 0.3) is 0 Å². The highest BCUT2D eigenvalue weighted by Crippen LogP contribution is 2.27. The molecular weight excluding hydrogens is 166 g/mol. The zero-order valence-electron chi connectivity index (χ0n) is 7.82. The zero-order valence-corrected chi connectivity index (χ0v) is 7.82. The summed E-state index contributed by atoms with van der Waals surface area (Å²) in [6, 6.07) is 2.07. The van der Waals surface area contributed by atoms with Gasteiger partial charge in [0.2, 0.25) is 0 Å². The summed E-state index contributed by atoms with van der Waals surface area (Å²) in [6.45, 7) is 3.56. The molecule has 0 aromatic carbocycles. The molecule has 1 aromatic rings. The molecule has 2 rings (SSSR count). The largest absolute Gasteiger partial charge is 0.469 e. The normalized spacial score (nSPS) is 24.9. The van der Waals surface area contributed by atoms with E-state index in [9.17, 15) is 0 Å². The molecule has 1 fully saturated rings. The lowest BCUT2D eigenvalue weighted by Crippen LogP contribution is -2.20. The molecule has 0 bridgehead atoms. The van der Waals surface area contributed by atoms with Crippen LogP contribution in [0.25, 0.3) is 0 Å². The summed E-state index contributed by atoms with van der Waals surface area (Å²) in [5.74, 6) is 1.38. The maximum Gasteiger partial charge on any atom is 0.101 e. The fourth-order valence-electron chi connectivity index (χ4n) is 1.75. The van der Waals surface area contributed by atoms with E-state index in [1.165, 1.54) is 0 Å². The van der Waals surface area contributed by atoms with E-state index in [0.29, 0.717) is 5.92 Å². The van der Waals surface area contributed by atoms with Gasteiger partial charge in [-0.3, -0.25) is 0 Å². The molecule has 1 saturated heterocycles. The van der Waals surface area contributed by atoms with Crippen molar-refractivity contribution in [3.63, 3.8) is 0 Å². The number of hydrogen-bond donors (Lipinski definition) is 1. The van der Waals surface area contributed by atoms with E-state index >= 15 is 0 Å². The summed E-state index contributed by atoms with van der Waals surface area (Å²) in [6.07, 6.45) is 2.81. The Labute approximate surface area is 77.9 Å². The topological polar surface area (TPSA) is 48.4 Å². The van der Waals surface area contributed by atoms with Gasteiger partial charge >= 0.3 is 0 Å². The van der Waals surface area contributed by atoms with Crippen LogP contribution in [0, 0.1) is 12.8 Å². The van der Waals surface area contributed by atoms with Gasteiger partial charge in [-0.2, -0.15) is 0 Å². The van der Waals surface area contributed by atoms with Gasteiger partial charge in [-0.1, -0.05) is 0 Å². The molecule has 1 aromatic heterocycles. The van der Waals surface area contributed by atoms with Gasteiger partial charge in [-0.05, 0) is 19.4 Å². The molecule has 13 heavy (non-hydrogen) atoms. The van der Waals surface area contributed by atoms with Crippen LogP contribution in [-0.2, 0) is 4.74 Å². The molecule has 1 aliphatic rings. The first-order valence-corrected chi connectivity index (χ1v) is 4.66. The van der Waals surface area contributed by atoms with Crippen molar-refractivity contribution < 1.29 is 9.15 Å². The third-order valence-electron chi connectivity index (χ3n) is 2.61. The Hall–Kier alpha value is -0.800. The van der Waals surface area contributed by atoms with Crippen molar-refractivity contribution in [2.75, 3.05) is 13.2 Å². The Kier molecular flexibility index (Phi) is 2.38. The molecule has 0 amide bonds. The molecule has 0 saturated carbocycles. The highest BCUT2D eigenvalue weighted by molar-refractivity contribution is 5.17. The third kappa shape index (κ3) is 1.76. The van der Waals surface area contributed by atoms with Crippen LogP contribution in [0.2, 0.25) is 0 Å². The quantitative estimate of drug-likeness (QED) is 0.754. The first kappa shape index (κ1) is 8.78.